The lowest BCUT2D eigenvalue weighted by Crippen LogP contribution is -2.34. The molecular weight excluding hydrogens is 376 g/mol. The van der Waals surface area contributed by atoms with E-state index in [4.69, 9.17) is 0 Å². The Morgan fingerprint density at radius 2 is 2.09 bits per heavy atom. The molecule has 1 saturated heterocycles. The molecular formula is C17H17BrN2O2S. The Morgan fingerprint density at radius 1 is 1.35 bits per heavy atom. The van der Waals surface area contributed by atoms with Crippen molar-refractivity contribution < 1.29 is 9.59 Å². The number of carbonyl (C=O) groups is 2. The van der Waals surface area contributed by atoms with Crippen LogP contribution < -0.4 is 4.90 Å². The van der Waals surface area contributed by atoms with E-state index in [0.29, 0.717) is 13.1 Å². The molecule has 120 valence electrons. The summed E-state index contributed by atoms with van der Waals surface area (Å²) < 4.78 is 0.969. The second-order valence-electron chi connectivity index (χ2n) is 5.66. The van der Waals surface area contributed by atoms with Crippen LogP contribution in [0, 0.1) is 5.92 Å². The van der Waals surface area contributed by atoms with Crippen molar-refractivity contribution in [2.75, 3.05) is 18.5 Å². The third-order valence-electron chi connectivity index (χ3n) is 3.96. The Labute approximate surface area is 147 Å². The molecule has 0 aliphatic carbocycles. The molecule has 0 N–H and O–H groups in total. The Hall–Kier alpha value is -1.66. The maximum absolute atomic E-state index is 12.6. The molecule has 2 aromatic rings. The Bertz CT molecular complexity index is 700. The number of anilines is 1. The van der Waals surface area contributed by atoms with Gasteiger partial charge in [0.25, 0.3) is 0 Å². The number of hydrogen-bond acceptors (Lipinski definition) is 3. The van der Waals surface area contributed by atoms with Crippen LogP contribution in [0.5, 0.6) is 0 Å². The molecule has 2 heterocycles. The molecule has 1 aromatic carbocycles. The summed E-state index contributed by atoms with van der Waals surface area (Å²) >= 11 is 5.02. The highest BCUT2D eigenvalue weighted by Crippen LogP contribution is 2.27. The van der Waals surface area contributed by atoms with Gasteiger partial charge in [-0.25, -0.2) is 0 Å². The number of rotatable bonds is 4. The maximum atomic E-state index is 12.6. The van der Waals surface area contributed by atoms with E-state index in [0.717, 1.165) is 15.0 Å². The summed E-state index contributed by atoms with van der Waals surface area (Å²) in [4.78, 5) is 29.4. The van der Waals surface area contributed by atoms with Gasteiger partial charge in [0, 0.05) is 35.1 Å². The predicted octanol–water partition coefficient (Wildman–Crippen LogP) is 3.52. The molecule has 0 spiro atoms. The number of nitrogens with zero attached hydrogens (tertiary/aromatic N) is 2. The fourth-order valence-corrected chi connectivity index (χ4v) is 3.79. The monoisotopic (exact) mass is 392 g/mol. The van der Waals surface area contributed by atoms with E-state index in [9.17, 15) is 9.59 Å². The molecule has 1 unspecified atom stereocenters. The Kier molecular flexibility index (Phi) is 4.82. The van der Waals surface area contributed by atoms with Crippen LogP contribution in [0.2, 0.25) is 0 Å². The maximum Gasteiger partial charge on any atom is 0.228 e. The number of carbonyl (C=O) groups excluding carboxylic acids is 2. The molecule has 1 aliphatic heterocycles. The lowest BCUT2D eigenvalue weighted by Gasteiger charge is -2.21. The zero-order chi connectivity index (χ0) is 16.4. The standard InChI is InChI=1S/C17H17BrN2O2S/c1-19(11-15-3-2-8-23-15)17(22)12-9-16(21)20(10-12)14-6-4-13(18)5-7-14/h2-8,12H,9-11H2,1H3. The van der Waals surface area contributed by atoms with Crippen LogP contribution in [0.3, 0.4) is 0 Å². The number of thiophene rings is 1. The molecule has 0 saturated carbocycles. The molecule has 1 aliphatic rings. The largest absolute Gasteiger partial charge is 0.340 e. The van der Waals surface area contributed by atoms with E-state index in [1.54, 1.807) is 28.2 Å². The Morgan fingerprint density at radius 3 is 2.74 bits per heavy atom. The quantitative estimate of drug-likeness (QED) is 0.798. The highest BCUT2D eigenvalue weighted by atomic mass is 79.9. The molecule has 2 amide bonds. The molecule has 6 heteroatoms. The van der Waals surface area contributed by atoms with Crippen molar-refractivity contribution in [1.29, 1.82) is 0 Å². The van der Waals surface area contributed by atoms with Crippen molar-refractivity contribution in [2.45, 2.75) is 13.0 Å². The first-order valence-corrected chi connectivity index (χ1v) is 9.05. The zero-order valence-electron chi connectivity index (χ0n) is 12.7. The number of benzene rings is 1. The molecule has 0 bridgehead atoms. The highest BCUT2D eigenvalue weighted by molar-refractivity contribution is 9.10. The van der Waals surface area contributed by atoms with E-state index < -0.39 is 0 Å². The second kappa shape index (κ2) is 6.84. The zero-order valence-corrected chi connectivity index (χ0v) is 15.1. The first-order valence-electron chi connectivity index (χ1n) is 7.38. The molecule has 1 fully saturated rings. The van der Waals surface area contributed by atoms with Gasteiger partial charge in [-0.3, -0.25) is 9.59 Å². The van der Waals surface area contributed by atoms with Gasteiger partial charge in [-0.2, -0.15) is 0 Å². The normalized spacial score (nSPS) is 17.6. The summed E-state index contributed by atoms with van der Waals surface area (Å²) in [5.74, 6) is -0.224. The predicted molar refractivity (Wildman–Crippen MR) is 95.4 cm³/mol. The van der Waals surface area contributed by atoms with Crippen LogP contribution in [0.15, 0.2) is 46.3 Å². The smallest absolute Gasteiger partial charge is 0.228 e. The van der Waals surface area contributed by atoms with Crippen molar-refractivity contribution in [2.24, 2.45) is 5.92 Å². The third kappa shape index (κ3) is 3.64. The van der Waals surface area contributed by atoms with E-state index in [2.05, 4.69) is 15.9 Å². The van der Waals surface area contributed by atoms with Crippen LogP contribution in [0.4, 0.5) is 5.69 Å². The van der Waals surface area contributed by atoms with Gasteiger partial charge >= 0.3 is 0 Å². The van der Waals surface area contributed by atoms with Crippen molar-refractivity contribution >= 4 is 44.8 Å². The molecule has 3 rings (SSSR count). The fourth-order valence-electron chi connectivity index (χ4n) is 2.77. The van der Waals surface area contributed by atoms with Gasteiger partial charge in [-0.1, -0.05) is 22.0 Å². The number of hydrogen-bond donors (Lipinski definition) is 0. The van der Waals surface area contributed by atoms with Crippen molar-refractivity contribution in [1.82, 2.24) is 4.90 Å². The van der Waals surface area contributed by atoms with Gasteiger partial charge < -0.3 is 9.80 Å². The van der Waals surface area contributed by atoms with Gasteiger partial charge in [0.05, 0.1) is 12.5 Å². The van der Waals surface area contributed by atoms with Gasteiger partial charge in [0.15, 0.2) is 0 Å². The molecule has 0 radical (unpaired) electrons. The average Bonchev–Trinajstić information content (AvgIpc) is 3.17. The van der Waals surface area contributed by atoms with Crippen molar-refractivity contribution in [3.8, 4) is 0 Å². The Balaban J connectivity index is 1.66. The second-order valence-corrected chi connectivity index (χ2v) is 7.60. The van der Waals surface area contributed by atoms with Crippen LogP contribution >= 0.6 is 27.3 Å². The van der Waals surface area contributed by atoms with Crippen LogP contribution in [0.1, 0.15) is 11.3 Å². The van der Waals surface area contributed by atoms with Crippen molar-refractivity contribution in [3.05, 3.63) is 51.1 Å². The molecule has 1 atom stereocenters. The average molecular weight is 393 g/mol. The number of halogens is 1. The minimum atomic E-state index is -0.267. The van der Waals surface area contributed by atoms with E-state index in [1.165, 1.54) is 0 Å². The van der Waals surface area contributed by atoms with Crippen LogP contribution in [0.25, 0.3) is 0 Å². The summed E-state index contributed by atoms with van der Waals surface area (Å²) in [5, 5.41) is 2.00. The van der Waals surface area contributed by atoms with Crippen LogP contribution in [-0.4, -0.2) is 30.3 Å². The van der Waals surface area contributed by atoms with E-state index >= 15 is 0 Å². The van der Waals surface area contributed by atoms with Gasteiger partial charge in [-0.15, -0.1) is 11.3 Å². The molecule has 1 aromatic heterocycles. The summed E-state index contributed by atoms with van der Waals surface area (Å²) in [7, 11) is 1.80. The molecule has 4 nitrogen and oxygen atoms in total. The highest BCUT2D eigenvalue weighted by Gasteiger charge is 2.36. The lowest BCUT2D eigenvalue weighted by molar-refractivity contribution is -0.135. The number of amides is 2. The first kappa shape index (κ1) is 16.2. The molecule has 23 heavy (non-hydrogen) atoms. The fraction of sp³-hybridized carbons (Fsp3) is 0.294. The van der Waals surface area contributed by atoms with Crippen LogP contribution in [-0.2, 0) is 16.1 Å². The van der Waals surface area contributed by atoms with Crippen molar-refractivity contribution in [3.63, 3.8) is 0 Å². The summed E-state index contributed by atoms with van der Waals surface area (Å²) in [6.07, 6.45) is 0.281. The topological polar surface area (TPSA) is 40.6 Å². The van der Waals surface area contributed by atoms with Gasteiger partial charge in [0.1, 0.15) is 0 Å². The summed E-state index contributed by atoms with van der Waals surface area (Å²) in [5.41, 5.74) is 0.842. The SMILES string of the molecule is CN(Cc1cccs1)C(=O)C1CC(=O)N(c2ccc(Br)cc2)C1. The summed E-state index contributed by atoms with van der Waals surface area (Å²) in [6, 6.07) is 11.6. The third-order valence-corrected chi connectivity index (χ3v) is 5.35. The van der Waals surface area contributed by atoms with E-state index in [-0.39, 0.29) is 24.2 Å². The van der Waals surface area contributed by atoms with Gasteiger partial charge in [0.2, 0.25) is 11.8 Å². The minimum Gasteiger partial charge on any atom is -0.340 e. The minimum absolute atomic E-state index is 0.00944. The van der Waals surface area contributed by atoms with E-state index in [1.807, 2.05) is 41.8 Å². The lowest BCUT2D eigenvalue weighted by atomic mass is 10.1. The summed E-state index contributed by atoms with van der Waals surface area (Å²) in [6.45, 7) is 1.05. The van der Waals surface area contributed by atoms with Gasteiger partial charge in [-0.05, 0) is 35.7 Å². The first-order chi connectivity index (χ1) is 11.0.